The molecule has 3 N–H and O–H groups in total. The molecule has 4 nitrogen and oxygen atoms in total. The minimum absolute atomic E-state index is 0.101. The SMILES string of the molecule is Nc1ccc(N2CCCC2)c(C(=O)Nc2c(F)cc(F)cc2Br)c1. The van der Waals surface area contributed by atoms with Gasteiger partial charge in [0.1, 0.15) is 5.82 Å². The Morgan fingerprint density at radius 2 is 1.88 bits per heavy atom. The van der Waals surface area contributed by atoms with Crippen LogP contribution in [0.4, 0.5) is 25.8 Å². The third-order valence-corrected chi connectivity index (χ3v) is 4.58. The Kier molecular flexibility index (Phi) is 4.71. The van der Waals surface area contributed by atoms with Gasteiger partial charge in [0.25, 0.3) is 5.91 Å². The van der Waals surface area contributed by atoms with Crippen LogP contribution in [0.2, 0.25) is 0 Å². The molecule has 0 radical (unpaired) electrons. The van der Waals surface area contributed by atoms with E-state index in [1.54, 1.807) is 18.2 Å². The number of nitrogen functional groups attached to an aromatic ring is 1. The highest BCUT2D eigenvalue weighted by Gasteiger charge is 2.21. The Morgan fingerprint density at radius 1 is 1.17 bits per heavy atom. The maximum atomic E-state index is 13.9. The molecular formula is C17H16BrF2N3O. The topological polar surface area (TPSA) is 58.4 Å². The summed E-state index contributed by atoms with van der Waals surface area (Å²) in [7, 11) is 0. The Balaban J connectivity index is 1.94. The van der Waals surface area contributed by atoms with Crippen LogP contribution in [-0.4, -0.2) is 19.0 Å². The molecule has 0 saturated carbocycles. The maximum absolute atomic E-state index is 13.9. The molecule has 24 heavy (non-hydrogen) atoms. The quantitative estimate of drug-likeness (QED) is 0.766. The van der Waals surface area contributed by atoms with Gasteiger partial charge in [0.2, 0.25) is 0 Å². The number of nitrogens with zero attached hydrogens (tertiary/aromatic N) is 1. The number of carbonyl (C=O) groups excluding carboxylic acids is 1. The van der Waals surface area contributed by atoms with Crippen molar-refractivity contribution >= 4 is 38.9 Å². The lowest BCUT2D eigenvalue weighted by molar-refractivity contribution is 0.102. The summed E-state index contributed by atoms with van der Waals surface area (Å²) in [6.07, 6.45) is 2.12. The van der Waals surface area contributed by atoms with Crippen LogP contribution >= 0.6 is 15.9 Å². The van der Waals surface area contributed by atoms with Crippen molar-refractivity contribution in [2.75, 3.05) is 29.0 Å². The van der Waals surface area contributed by atoms with Gasteiger partial charge in [0.15, 0.2) is 5.82 Å². The molecule has 3 rings (SSSR count). The molecule has 7 heteroatoms. The van der Waals surface area contributed by atoms with Gasteiger partial charge in [-0.05, 0) is 53.0 Å². The van der Waals surface area contributed by atoms with Crippen molar-refractivity contribution in [3.8, 4) is 0 Å². The number of nitrogens with two attached hydrogens (primary N) is 1. The Labute approximate surface area is 146 Å². The minimum atomic E-state index is -0.846. The molecule has 1 amide bonds. The van der Waals surface area contributed by atoms with Crippen LogP contribution in [0.3, 0.4) is 0 Å². The van der Waals surface area contributed by atoms with Gasteiger partial charge in [-0.2, -0.15) is 0 Å². The molecule has 0 atom stereocenters. The smallest absolute Gasteiger partial charge is 0.257 e. The zero-order valence-electron chi connectivity index (χ0n) is 12.8. The van der Waals surface area contributed by atoms with Crippen LogP contribution in [0.15, 0.2) is 34.8 Å². The summed E-state index contributed by atoms with van der Waals surface area (Å²) in [4.78, 5) is 14.8. The number of carbonyl (C=O) groups is 1. The molecule has 1 aliphatic rings. The van der Waals surface area contributed by atoms with Crippen molar-refractivity contribution in [1.29, 1.82) is 0 Å². The van der Waals surface area contributed by atoms with E-state index >= 15 is 0 Å². The summed E-state index contributed by atoms with van der Waals surface area (Å²) < 4.78 is 27.3. The lowest BCUT2D eigenvalue weighted by Crippen LogP contribution is -2.23. The summed E-state index contributed by atoms with van der Waals surface area (Å²) in [6.45, 7) is 1.72. The molecule has 0 aromatic heterocycles. The van der Waals surface area contributed by atoms with Crippen LogP contribution in [0.5, 0.6) is 0 Å². The first-order valence-electron chi connectivity index (χ1n) is 7.56. The highest BCUT2D eigenvalue weighted by molar-refractivity contribution is 9.10. The van der Waals surface area contributed by atoms with Crippen molar-refractivity contribution in [3.63, 3.8) is 0 Å². The lowest BCUT2D eigenvalue weighted by atomic mass is 10.1. The van der Waals surface area contributed by atoms with E-state index in [2.05, 4.69) is 26.1 Å². The van der Waals surface area contributed by atoms with E-state index in [0.717, 1.165) is 43.8 Å². The van der Waals surface area contributed by atoms with Crippen molar-refractivity contribution in [1.82, 2.24) is 0 Å². The molecule has 126 valence electrons. The first-order chi connectivity index (χ1) is 11.5. The Hall–Kier alpha value is -2.15. The minimum Gasteiger partial charge on any atom is -0.399 e. The fourth-order valence-corrected chi connectivity index (χ4v) is 3.32. The lowest BCUT2D eigenvalue weighted by Gasteiger charge is -2.21. The number of hydrogen-bond donors (Lipinski definition) is 2. The number of anilines is 3. The largest absolute Gasteiger partial charge is 0.399 e. The van der Waals surface area contributed by atoms with E-state index in [9.17, 15) is 13.6 Å². The summed E-state index contributed by atoms with van der Waals surface area (Å²) in [5, 5.41) is 2.50. The number of hydrogen-bond acceptors (Lipinski definition) is 3. The molecule has 1 saturated heterocycles. The number of nitrogens with one attached hydrogen (secondary N) is 1. The van der Waals surface area contributed by atoms with Gasteiger partial charge >= 0.3 is 0 Å². The summed E-state index contributed by atoms with van der Waals surface area (Å²) in [5.41, 5.74) is 7.28. The van der Waals surface area contributed by atoms with E-state index in [4.69, 9.17) is 5.73 Å². The predicted molar refractivity (Wildman–Crippen MR) is 94.3 cm³/mol. The third kappa shape index (κ3) is 3.36. The molecule has 0 unspecified atom stereocenters. The second-order valence-electron chi connectivity index (χ2n) is 5.67. The zero-order chi connectivity index (χ0) is 17.3. The first-order valence-corrected chi connectivity index (χ1v) is 8.35. The summed E-state index contributed by atoms with van der Waals surface area (Å²) in [5.74, 6) is -2.06. The molecule has 1 fully saturated rings. The van der Waals surface area contributed by atoms with Gasteiger partial charge in [-0.25, -0.2) is 8.78 Å². The van der Waals surface area contributed by atoms with Gasteiger partial charge in [0, 0.05) is 35.0 Å². The van der Waals surface area contributed by atoms with Crippen molar-refractivity contribution < 1.29 is 13.6 Å². The van der Waals surface area contributed by atoms with E-state index in [1.807, 2.05) is 0 Å². The fraction of sp³-hybridized carbons (Fsp3) is 0.235. The van der Waals surface area contributed by atoms with Crippen molar-refractivity contribution in [3.05, 3.63) is 52.0 Å². The summed E-state index contributed by atoms with van der Waals surface area (Å²) in [6, 6.07) is 6.92. The molecule has 0 aliphatic carbocycles. The van der Waals surface area contributed by atoms with Crippen LogP contribution in [-0.2, 0) is 0 Å². The van der Waals surface area contributed by atoms with Gasteiger partial charge in [-0.15, -0.1) is 0 Å². The Morgan fingerprint density at radius 3 is 2.54 bits per heavy atom. The number of rotatable bonds is 3. The van der Waals surface area contributed by atoms with Crippen molar-refractivity contribution in [2.24, 2.45) is 0 Å². The van der Waals surface area contributed by atoms with Gasteiger partial charge in [-0.1, -0.05) is 0 Å². The van der Waals surface area contributed by atoms with Gasteiger partial charge in [0.05, 0.1) is 11.3 Å². The number of amides is 1. The average molecular weight is 396 g/mol. The normalized spacial score (nSPS) is 14.0. The number of benzene rings is 2. The molecule has 0 bridgehead atoms. The maximum Gasteiger partial charge on any atom is 0.257 e. The Bertz CT molecular complexity index is 768. The third-order valence-electron chi connectivity index (χ3n) is 3.96. The summed E-state index contributed by atoms with van der Waals surface area (Å²) >= 11 is 3.07. The highest BCUT2D eigenvalue weighted by atomic mass is 79.9. The molecule has 0 spiro atoms. The second kappa shape index (κ2) is 6.76. The van der Waals surface area contributed by atoms with Crippen LogP contribution in [0.25, 0.3) is 0 Å². The molecule has 2 aromatic rings. The van der Waals surface area contributed by atoms with E-state index < -0.39 is 17.5 Å². The van der Waals surface area contributed by atoms with Crippen LogP contribution < -0.4 is 16.0 Å². The van der Waals surface area contributed by atoms with Gasteiger partial charge in [-0.3, -0.25) is 4.79 Å². The molecule has 2 aromatic carbocycles. The molecule has 1 aliphatic heterocycles. The monoisotopic (exact) mass is 395 g/mol. The first kappa shape index (κ1) is 16.7. The fourth-order valence-electron chi connectivity index (χ4n) is 2.81. The van der Waals surface area contributed by atoms with Gasteiger partial charge < -0.3 is 16.0 Å². The number of halogens is 3. The van der Waals surface area contributed by atoms with E-state index in [-0.39, 0.29) is 10.2 Å². The van der Waals surface area contributed by atoms with E-state index in [1.165, 1.54) is 0 Å². The molecule has 1 heterocycles. The standard InChI is InChI=1S/C17H16BrF2N3O/c18-13-7-10(19)8-14(20)16(13)22-17(24)12-9-11(21)3-4-15(12)23-5-1-2-6-23/h3-4,7-9H,1-2,5-6,21H2,(H,22,24). The molecular weight excluding hydrogens is 380 g/mol. The van der Waals surface area contributed by atoms with Crippen LogP contribution in [0.1, 0.15) is 23.2 Å². The highest BCUT2D eigenvalue weighted by Crippen LogP contribution is 2.30. The van der Waals surface area contributed by atoms with Crippen LogP contribution in [0, 0.1) is 11.6 Å². The average Bonchev–Trinajstić information content (AvgIpc) is 3.04. The van der Waals surface area contributed by atoms with E-state index in [0.29, 0.717) is 11.3 Å². The predicted octanol–water partition coefficient (Wildman–Crippen LogP) is 4.16. The zero-order valence-corrected chi connectivity index (χ0v) is 14.4. The second-order valence-corrected chi connectivity index (χ2v) is 6.52. The van der Waals surface area contributed by atoms with Crippen molar-refractivity contribution in [2.45, 2.75) is 12.8 Å².